The zero-order valence-corrected chi connectivity index (χ0v) is 13.1. The van der Waals surface area contributed by atoms with E-state index in [0.717, 1.165) is 25.1 Å². The molecule has 2 aliphatic heterocycles. The molecule has 2 atom stereocenters. The third kappa shape index (κ3) is 3.41. The van der Waals surface area contributed by atoms with Gasteiger partial charge < -0.3 is 4.90 Å². The van der Waals surface area contributed by atoms with Crippen LogP contribution in [0.4, 0.5) is 0 Å². The lowest BCUT2D eigenvalue weighted by atomic mass is 10.0. The predicted octanol–water partition coefficient (Wildman–Crippen LogP) is 3.05. The topological polar surface area (TPSA) is 23.6 Å². The van der Waals surface area contributed by atoms with Gasteiger partial charge in [0.05, 0.1) is 0 Å². The van der Waals surface area contributed by atoms with Gasteiger partial charge >= 0.3 is 0 Å². The number of alkyl halides is 1. The molecular formula is C17H23ClN2O. The molecule has 0 aliphatic carbocycles. The number of rotatable bonds is 3. The first-order valence-corrected chi connectivity index (χ1v) is 8.41. The number of carbonyl (C=O) groups excluding carboxylic acids is 1. The fourth-order valence-corrected chi connectivity index (χ4v) is 3.77. The molecule has 2 heterocycles. The Morgan fingerprint density at radius 1 is 1.10 bits per heavy atom. The summed E-state index contributed by atoms with van der Waals surface area (Å²) in [5.41, 5.74) is 0.896. The van der Waals surface area contributed by atoms with Gasteiger partial charge in [-0.25, -0.2) is 0 Å². The van der Waals surface area contributed by atoms with E-state index in [-0.39, 0.29) is 5.91 Å². The lowest BCUT2D eigenvalue weighted by Crippen LogP contribution is -2.49. The summed E-state index contributed by atoms with van der Waals surface area (Å²) in [6, 6.07) is 10.2. The molecule has 3 nitrogen and oxygen atoms in total. The number of nitrogens with zero attached hydrogens (tertiary/aromatic N) is 2. The van der Waals surface area contributed by atoms with Crippen LogP contribution in [0.1, 0.15) is 36.6 Å². The van der Waals surface area contributed by atoms with Crippen molar-refractivity contribution in [2.24, 2.45) is 0 Å². The monoisotopic (exact) mass is 306 g/mol. The Kier molecular flexibility index (Phi) is 4.81. The lowest BCUT2D eigenvalue weighted by Gasteiger charge is -2.38. The second-order valence-corrected chi connectivity index (χ2v) is 6.53. The maximum atomic E-state index is 12.6. The number of benzene rings is 1. The van der Waals surface area contributed by atoms with Crippen molar-refractivity contribution in [1.29, 1.82) is 0 Å². The predicted molar refractivity (Wildman–Crippen MR) is 85.4 cm³/mol. The van der Waals surface area contributed by atoms with Crippen LogP contribution in [0.25, 0.3) is 0 Å². The molecule has 0 saturated carbocycles. The van der Waals surface area contributed by atoms with Gasteiger partial charge in [0.2, 0.25) is 5.91 Å². The van der Waals surface area contributed by atoms with Gasteiger partial charge in [-0.2, -0.15) is 0 Å². The highest BCUT2D eigenvalue weighted by Crippen LogP contribution is 2.26. The van der Waals surface area contributed by atoms with Crippen molar-refractivity contribution in [1.82, 2.24) is 9.80 Å². The van der Waals surface area contributed by atoms with Gasteiger partial charge in [-0.15, -0.1) is 11.6 Å². The number of piperidine rings is 1. The van der Waals surface area contributed by atoms with Gasteiger partial charge in [-0.3, -0.25) is 9.69 Å². The fraction of sp³-hybridized carbons (Fsp3) is 0.588. The van der Waals surface area contributed by atoms with E-state index < -0.39 is 5.38 Å². The second kappa shape index (κ2) is 6.80. The van der Waals surface area contributed by atoms with Crippen molar-refractivity contribution < 1.29 is 4.79 Å². The van der Waals surface area contributed by atoms with E-state index in [0.29, 0.717) is 6.04 Å². The normalized spacial score (nSPS) is 25.0. The van der Waals surface area contributed by atoms with Gasteiger partial charge in [-0.05, 0) is 44.3 Å². The van der Waals surface area contributed by atoms with E-state index in [1.807, 2.05) is 35.2 Å². The molecule has 2 unspecified atom stereocenters. The summed E-state index contributed by atoms with van der Waals surface area (Å²) in [6.07, 6.45) is 4.90. The van der Waals surface area contributed by atoms with Crippen LogP contribution >= 0.6 is 11.6 Å². The zero-order chi connectivity index (χ0) is 14.7. The minimum atomic E-state index is -0.552. The molecule has 1 aromatic rings. The third-order valence-corrected chi connectivity index (χ3v) is 5.11. The van der Waals surface area contributed by atoms with Gasteiger partial charge in [0.1, 0.15) is 5.38 Å². The van der Waals surface area contributed by atoms with Crippen LogP contribution in [-0.4, -0.2) is 47.9 Å². The highest BCUT2D eigenvalue weighted by molar-refractivity contribution is 6.30. The van der Waals surface area contributed by atoms with E-state index in [4.69, 9.17) is 11.6 Å². The Morgan fingerprint density at radius 3 is 2.52 bits per heavy atom. The summed E-state index contributed by atoms with van der Waals surface area (Å²) in [4.78, 5) is 17.2. The number of carbonyl (C=O) groups is 1. The molecule has 4 heteroatoms. The molecule has 0 radical (unpaired) electrons. The molecule has 1 amide bonds. The van der Waals surface area contributed by atoms with E-state index in [2.05, 4.69) is 4.90 Å². The van der Waals surface area contributed by atoms with Crippen LogP contribution in [0.15, 0.2) is 30.3 Å². The molecule has 0 spiro atoms. The van der Waals surface area contributed by atoms with Gasteiger partial charge in [0.25, 0.3) is 0 Å². The first kappa shape index (κ1) is 14.9. The summed E-state index contributed by atoms with van der Waals surface area (Å²) in [5.74, 6) is 0.0618. The lowest BCUT2D eigenvalue weighted by molar-refractivity contribution is -0.133. The number of hydrogen-bond acceptors (Lipinski definition) is 2. The Morgan fingerprint density at radius 2 is 1.81 bits per heavy atom. The van der Waals surface area contributed by atoms with E-state index in [1.54, 1.807) is 0 Å². The molecule has 114 valence electrons. The maximum Gasteiger partial charge on any atom is 0.245 e. The standard InChI is InChI=1S/C17H23ClN2O/c18-16(14-7-2-1-3-8-14)17(21)20-12-6-9-15(13-20)19-10-4-5-11-19/h1-3,7-8,15-16H,4-6,9-13H2. The largest absolute Gasteiger partial charge is 0.340 e. The summed E-state index contributed by atoms with van der Waals surface area (Å²) in [6.45, 7) is 4.07. The van der Waals surface area contributed by atoms with Crippen LogP contribution < -0.4 is 0 Å². The summed E-state index contributed by atoms with van der Waals surface area (Å²) >= 11 is 6.39. The Bertz CT molecular complexity index is 473. The van der Waals surface area contributed by atoms with Gasteiger partial charge in [0, 0.05) is 19.1 Å². The van der Waals surface area contributed by atoms with Crippen molar-refractivity contribution in [2.75, 3.05) is 26.2 Å². The first-order valence-electron chi connectivity index (χ1n) is 7.97. The van der Waals surface area contributed by atoms with Crippen LogP contribution in [0.5, 0.6) is 0 Å². The van der Waals surface area contributed by atoms with Crippen molar-refractivity contribution >= 4 is 17.5 Å². The van der Waals surface area contributed by atoms with Crippen molar-refractivity contribution in [3.8, 4) is 0 Å². The molecule has 21 heavy (non-hydrogen) atoms. The smallest absolute Gasteiger partial charge is 0.245 e. The molecule has 0 aromatic heterocycles. The van der Waals surface area contributed by atoms with E-state index in [9.17, 15) is 4.79 Å². The summed E-state index contributed by atoms with van der Waals surface area (Å²) < 4.78 is 0. The molecule has 0 bridgehead atoms. The van der Waals surface area contributed by atoms with Gasteiger partial charge in [-0.1, -0.05) is 30.3 Å². The average molecular weight is 307 g/mol. The molecule has 3 rings (SSSR count). The molecule has 2 fully saturated rings. The number of halogens is 1. The molecular weight excluding hydrogens is 284 g/mol. The average Bonchev–Trinajstić information content (AvgIpc) is 3.09. The highest BCUT2D eigenvalue weighted by Gasteiger charge is 2.31. The highest BCUT2D eigenvalue weighted by atomic mass is 35.5. The van der Waals surface area contributed by atoms with Crippen LogP contribution in [0.3, 0.4) is 0 Å². The Hall–Kier alpha value is -1.06. The minimum absolute atomic E-state index is 0.0618. The molecule has 2 saturated heterocycles. The molecule has 2 aliphatic rings. The van der Waals surface area contributed by atoms with Crippen LogP contribution in [-0.2, 0) is 4.79 Å². The SMILES string of the molecule is O=C(C(Cl)c1ccccc1)N1CCCC(N2CCCC2)C1. The number of hydrogen-bond donors (Lipinski definition) is 0. The minimum Gasteiger partial charge on any atom is -0.340 e. The van der Waals surface area contributed by atoms with Crippen molar-refractivity contribution in [3.05, 3.63) is 35.9 Å². The number of likely N-dealkylation sites (tertiary alicyclic amines) is 2. The quantitative estimate of drug-likeness (QED) is 0.801. The molecule has 1 aromatic carbocycles. The maximum absolute atomic E-state index is 12.6. The van der Waals surface area contributed by atoms with E-state index >= 15 is 0 Å². The summed E-state index contributed by atoms with van der Waals surface area (Å²) in [5, 5.41) is -0.552. The van der Waals surface area contributed by atoms with Crippen LogP contribution in [0.2, 0.25) is 0 Å². The van der Waals surface area contributed by atoms with Crippen molar-refractivity contribution in [3.63, 3.8) is 0 Å². The second-order valence-electron chi connectivity index (χ2n) is 6.10. The van der Waals surface area contributed by atoms with Crippen LogP contribution in [0, 0.1) is 0 Å². The Labute approximate surface area is 131 Å². The van der Waals surface area contributed by atoms with Gasteiger partial charge in [0.15, 0.2) is 0 Å². The first-order chi connectivity index (χ1) is 10.3. The third-order valence-electron chi connectivity index (χ3n) is 4.67. The summed E-state index contributed by atoms with van der Waals surface area (Å²) in [7, 11) is 0. The van der Waals surface area contributed by atoms with E-state index in [1.165, 1.54) is 32.4 Å². The fourth-order valence-electron chi connectivity index (χ4n) is 3.48. The number of amides is 1. The molecule has 0 N–H and O–H groups in total. The Balaban J connectivity index is 1.64. The van der Waals surface area contributed by atoms with Crippen molar-refractivity contribution in [2.45, 2.75) is 37.1 Å². The zero-order valence-electron chi connectivity index (χ0n) is 12.4.